The number of hydrogen-bond donors (Lipinski definition) is 1. The van der Waals surface area contributed by atoms with Crippen molar-refractivity contribution in [3.05, 3.63) is 48.0 Å². The maximum atomic E-state index is 13.9. The van der Waals surface area contributed by atoms with E-state index >= 15 is 0 Å². The minimum atomic E-state index is -4.48. The molecule has 1 N–H and O–H groups in total. The van der Waals surface area contributed by atoms with Crippen LogP contribution in [0.15, 0.2) is 41.3 Å². The average molecular weight is 418 g/mol. The molecule has 27 heavy (non-hydrogen) atoms. The zero-order chi connectivity index (χ0) is 19.8. The van der Waals surface area contributed by atoms with Gasteiger partial charge in [0.25, 0.3) is 10.0 Å². The average Bonchev–Trinajstić information content (AvgIpc) is 2.95. The predicted molar refractivity (Wildman–Crippen MR) is 95.9 cm³/mol. The first-order valence-corrected chi connectivity index (χ1v) is 10.9. The highest BCUT2D eigenvalue weighted by molar-refractivity contribution is 7.93. The van der Waals surface area contributed by atoms with E-state index < -0.39 is 36.6 Å². The summed E-state index contributed by atoms with van der Waals surface area (Å²) in [4.78, 5) is -0.872. The lowest BCUT2D eigenvalue weighted by Crippen LogP contribution is -2.25. The third kappa shape index (κ3) is 3.83. The van der Waals surface area contributed by atoms with Gasteiger partial charge in [0, 0.05) is 6.54 Å². The van der Waals surface area contributed by atoms with Gasteiger partial charge in [-0.05, 0) is 42.8 Å². The molecule has 0 amide bonds. The Morgan fingerprint density at radius 3 is 2.52 bits per heavy atom. The van der Waals surface area contributed by atoms with Crippen LogP contribution in [-0.2, 0) is 20.0 Å². The Morgan fingerprint density at radius 1 is 1.15 bits per heavy atom. The van der Waals surface area contributed by atoms with Crippen LogP contribution in [0.2, 0.25) is 0 Å². The molecule has 0 spiro atoms. The van der Waals surface area contributed by atoms with Gasteiger partial charge in [-0.25, -0.2) is 25.6 Å². The summed E-state index contributed by atoms with van der Waals surface area (Å²) >= 11 is 0. The molecule has 2 aromatic carbocycles. The Labute approximate surface area is 155 Å². The summed E-state index contributed by atoms with van der Waals surface area (Å²) in [5.41, 5.74) is 0.145. The zero-order valence-electron chi connectivity index (χ0n) is 14.1. The van der Waals surface area contributed by atoms with Crippen LogP contribution in [0.3, 0.4) is 0 Å². The molecular formula is C16H16F2N2O5S2. The number of halogens is 2. The van der Waals surface area contributed by atoms with E-state index in [2.05, 4.69) is 4.72 Å². The highest BCUT2D eigenvalue weighted by atomic mass is 32.2. The van der Waals surface area contributed by atoms with Crippen LogP contribution < -0.4 is 13.8 Å². The summed E-state index contributed by atoms with van der Waals surface area (Å²) in [5.74, 6) is -1.95. The fourth-order valence-electron chi connectivity index (χ4n) is 2.74. The van der Waals surface area contributed by atoms with Gasteiger partial charge in [0.2, 0.25) is 10.0 Å². The largest absolute Gasteiger partial charge is 0.495 e. The molecule has 2 aromatic rings. The van der Waals surface area contributed by atoms with Gasteiger partial charge in [-0.3, -0.25) is 9.03 Å². The summed E-state index contributed by atoms with van der Waals surface area (Å²) < 4.78 is 84.8. The van der Waals surface area contributed by atoms with Gasteiger partial charge < -0.3 is 4.74 Å². The van der Waals surface area contributed by atoms with Crippen LogP contribution in [0.25, 0.3) is 0 Å². The maximum absolute atomic E-state index is 13.9. The number of ether oxygens (including phenoxy) is 1. The van der Waals surface area contributed by atoms with E-state index in [9.17, 15) is 25.6 Å². The quantitative estimate of drug-likeness (QED) is 0.805. The first-order chi connectivity index (χ1) is 12.6. The summed E-state index contributed by atoms with van der Waals surface area (Å²) in [6.45, 7) is 0.263. The van der Waals surface area contributed by atoms with Crippen LogP contribution >= 0.6 is 0 Å². The fourth-order valence-corrected chi connectivity index (χ4v) is 5.45. The van der Waals surface area contributed by atoms with E-state index in [1.807, 2.05) is 0 Å². The van der Waals surface area contributed by atoms with Crippen LogP contribution in [0.1, 0.15) is 6.42 Å². The van der Waals surface area contributed by atoms with E-state index in [-0.39, 0.29) is 29.4 Å². The van der Waals surface area contributed by atoms with Gasteiger partial charge >= 0.3 is 0 Å². The van der Waals surface area contributed by atoms with Gasteiger partial charge in [-0.2, -0.15) is 0 Å². The Morgan fingerprint density at radius 2 is 1.89 bits per heavy atom. The molecule has 0 unspecified atom stereocenters. The Hall–Kier alpha value is -2.40. The van der Waals surface area contributed by atoms with Crippen LogP contribution in [0.5, 0.6) is 5.75 Å². The molecule has 1 aliphatic rings. The normalized spacial score (nSPS) is 16.3. The Bertz CT molecular complexity index is 1090. The van der Waals surface area contributed by atoms with Gasteiger partial charge in [0.15, 0.2) is 0 Å². The summed E-state index contributed by atoms with van der Waals surface area (Å²) in [5, 5.41) is 0. The summed E-state index contributed by atoms with van der Waals surface area (Å²) in [7, 11) is -6.67. The van der Waals surface area contributed by atoms with Crippen LogP contribution in [0, 0.1) is 11.6 Å². The van der Waals surface area contributed by atoms with E-state index in [1.54, 1.807) is 0 Å². The van der Waals surface area contributed by atoms with E-state index in [0.29, 0.717) is 18.6 Å². The number of rotatable bonds is 5. The van der Waals surface area contributed by atoms with E-state index in [4.69, 9.17) is 4.74 Å². The third-order valence-electron chi connectivity index (χ3n) is 4.00. The molecule has 0 atom stereocenters. The molecule has 1 saturated heterocycles. The smallest absolute Gasteiger partial charge is 0.265 e. The van der Waals surface area contributed by atoms with Gasteiger partial charge in [0.05, 0.1) is 24.2 Å². The van der Waals surface area contributed by atoms with Crippen molar-refractivity contribution >= 4 is 31.4 Å². The van der Waals surface area contributed by atoms with E-state index in [1.165, 1.54) is 25.3 Å². The number of benzene rings is 2. The fraction of sp³-hybridized carbons (Fsp3) is 0.250. The van der Waals surface area contributed by atoms with Crippen molar-refractivity contribution < 1.29 is 30.4 Å². The van der Waals surface area contributed by atoms with Crippen molar-refractivity contribution in [2.45, 2.75) is 11.3 Å². The third-order valence-corrected chi connectivity index (χ3v) is 7.25. The monoisotopic (exact) mass is 418 g/mol. The van der Waals surface area contributed by atoms with Crippen LogP contribution in [-0.4, -0.2) is 36.2 Å². The van der Waals surface area contributed by atoms with Crippen molar-refractivity contribution in [1.29, 1.82) is 0 Å². The molecule has 146 valence electrons. The minimum Gasteiger partial charge on any atom is -0.495 e. The van der Waals surface area contributed by atoms with Crippen molar-refractivity contribution in [3.8, 4) is 5.75 Å². The van der Waals surface area contributed by atoms with Gasteiger partial charge in [-0.15, -0.1) is 0 Å². The second-order valence-electron chi connectivity index (χ2n) is 5.81. The maximum Gasteiger partial charge on any atom is 0.265 e. The lowest BCUT2D eigenvalue weighted by Gasteiger charge is -2.19. The van der Waals surface area contributed by atoms with Gasteiger partial charge in [-0.1, -0.05) is 0 Å². The number of sulfonamides is 2. The number of nitrogens with zero attached hydrogens (tertiary/aromatic N) is 1. The van der Waals surface area contributed by atoms with Crippen molar-refractivity contribution in [3.63, 3.8) is 0 Å². The molecule has 1 fully saturated rings. The minimum absolute atomic E-state index is 0.00536. The second-order valence-corrected chi connectivity index (χ2v) is 9.47. The molecule has 0 radical (unpaired) electrons. The molecule has 0 aliphatic carbocycles. The van der Waals surface area contributed by atoms with Crippen LogP contribution in [0.4, 0.5) is 20.2 Å². The summed E-state index contributed by atoms with van der Waals surface area (Å²) in [6, 6.07) is 6.20. The Kier molecular flexibility index (Phi) is 5.00. The van der Waals surface area contributed by atoms with Crippen molar-refractivity contribution in [2.75, 3.05) is 28.4 Å². The molecule has 1 heterocycles. The SMILES string of the molecule is COc1ccc(N2CCCS2(=O)=O)cc1NS(=O)(=O)c1cc(F)ccc1F. The zero-order valence-corrected chi connectivity index (χ0v) is 15.8. The molecule has 0 bridgehead atoms. The van der Waals surface area contributed by atoms with Crippen molar-refractivity contribution in [2.24, 2.45) is 0 Å². The lowest BCUT2D eigenvalue weighted by atomic mass is 10.2. The molecule has 1 aliphatic heterocycles. The van der Waals surface area contributed by atoms with Gasteiger partial charge in [0.1, 0.15) is 22.3 Å². The number of anilines is 2. The molecule has 7 nitrogen and oxygen atoms in total. The number of hydrogen-bond acceptors (Lipinski definition) is 5. The molecular weight excluding hydrogens is 402 g/mol. The molecule has 11 heteroatoms. The Balaban J connectivity index is 2.03. The number of methoxy groups -OCH3 is 1. The van der Waals surface area contributed by atoms with Crippen molar-refractivity contribution in [1.82, 2.24) is 0 Å². The molecule has 0 saturated carbocycles. The standard InChI is InChI=1S/C16H16F2N2O5S2/c1-25-15-6-4-12(20-7-2-8-26(20,21)22)10-14(15)19-27(23,24)16-9-11(17)3-5-13(16)18/h3-6,9-10,19H,2,7-8H2,1H3. The lowest BCUT2D eigenvalue weighted by molar-refractivity contribution is 0.417. The highest BCUT2D eigenvalue weighted by Gasteiger charge is 2.29. The predicted octanol–water partition coefficient (Wildman–Crippen LogP) is 2.31. The first-order valence-electron chi connectivity index (χ1n) is 7.80. The summed E-state index contributed by atoms with van der Waals surface area (Å²) in [6.07, 6.45) is 0.448. The molecule has 3 rings (SSSR count). The second kappa shape index (κ2) is 6.97. The highest BCUT2D eigenvalue weighted by Crippen LogP contribution is 2.34. The first kappa shape index (κ1) is 19.4. The topological polar surface area (TPSA) is 92.8 Å². The number of nitrogens with one attached hydrogen (secondary N) is 1. The van der Waals surface area contributed by atoms with E-state index in [0.717, 1.165) is 10.4 Å². The molecule has 0 aromatic heterocycles.